The summed E-state index contributed by atoms with van der Waals surface area (Å²) in [6, 6.07) is 6.92. The average Bonchev–Trinajstić information content (AvgIpc) is 3.41. The summed E-state index contributed by atoms with van der Waals surface area (Å²) in [7, 11) is 0. The number of nitrogens with one attached hydrogen (secondary N) is 1. The number of anilines is 1. The number of thiophene rings is 1. The van der Waals surface area contributed by atoms with Gasteiger partial charge in [-0.1, -0.05) is 44.9 Å². The Kier molecular flexibility index (Phi) is 5.26. The molecule has 0 saturated heterocycles. The van der Waals surface area contributed by atoms with E-state index in [0.717, 1.165) is 35.1 Å². The van der Waals surface area contributed by atoms with E-state index >= 15 is 0 Å². The molecular formula is C23H28N4S. The smallest absolute Gasteiger partial charge is 0.162 e. The van der Waals surface area contributed by atoms with Gasteiger partial charge in [0.25, 0.3) is 0 Å². The quantitative estimate of drug-likeness (QED) is 0.559. The fraction of sp³-hybridized carbons (Fsp3) is 0.522. The maximum atomic E-state index is 4.96. The van der Waals surface area contributed by atoms with Crippen molar-refractivity contribution in [2.45, 2.75) is 70.3 Å². The molecule has 0 unspecified atom stereocenters. The van der Waals surface area contributed by atoms with Gasteiger partial charge in [0.05, 0.1) is 10.2 Å². The highest BCUT2D eigenvalue weighted by atomic mass is 32.1. The fourth-order valence-corrected chi connectivity index (χ4v) is 5.55. The molecule has 5 rings (SSSR count). The molecule has 0 bridgehead atoms. The third-order valence-electron chi connectivity index (χ3n) is 6.30. The minimum atomic E-state index is 0.548. The van der Waals surface area contributed by atoms with Crippen molar-refractivity contribution in [2.24, 2.45) is 5.92 Å². The minimum absolute atomic E-state index is 0.548. The van der Waals surface area contributed by atoms with Crippen LogP contribution in [0, 0.1) is 5.92 Å². The Morgan fingerprint density at radius 1 is 0.964 bits per heavy atom. The topological polar surface area (TPSA) is 50.7 Å². The highest BCUT2D eigenvalue weighted by Crippen LogP contribution is 2.32. The number of rotatable bonds is 5. The highest BCUT2D eigenvalue weighted by Gasteiger charge is 2.19. The SMILES string of the molecule is c1cc(-c2nc(NC3CCCC3)c3sccc3n2)cc(CC2CCCCC2)n1. The standard InChI is InChI=1S/C23H28N4S/c1-2-6-16(7-3-1)14-19-15-17(10-12-24-19)22-26-20-11-13-28-21(20)23(27-22)25-18-8-4-5-9-18/h10-13,15-16,18H,1-9,14H2,(H,25,26,27). The van der Waals surface area contributed by atoms with Crippen LogP contribution in [0.4, 0.5) is 5.82 Å². The van der Waals surface area contributed by atoms with Crippen molar-refractivity contribution in [3.05, 3.63) is 35.5 Å². The van der Waals surface area contributed by atoms with Gasteiger partial charge in [-0.3, -0.25) is 4.98 Å². The van der Waals surface area contributed by atoms with Gasteiger partial charge >= 0.3 is 0 Å². The van der Waals surface area contributed by atoms with E-state index in [1.807, 2.05) is 6.20 Å². The number of nitrogens with zero attached hydrogens (tertiary/aromatic N) is 3. The Labute approximate surface area is 170 Å². The maximum Gasteiger partial charge on any atom is 0.162 e. The third-order valence-corrected chi connectivity index (χ3v) is 7.21. The maximum absolute atomic E-state index is 4.96. The highest BCUT2D eigenvalue weighted by molar-refractivity contribution is 7.17. The van der Waals surface area contributed by atoms with Gasteiger partial charge < -0.3 is 5.32 Å². The normalized spacial score (nSPS) is 18.7. The fourth-order valence-electron chi connectivity index (χ4n) is 4.77. The van der Waals surface area contributed by atoms with Gasteiger partial charge in [-0.05, 0) is 48.8 Å². The summed E-state index contributed by atoms with van der Waals surface area (Å²) in [5.41, 5.74) is 3.31. The summed E-state index contributed by atoms with van der Waals surface area (Å²) in [5.74, 6) is 2.61. The molecule has 28 heavy (non-hydrogen) atoms. The second kappa shape index (κ2) is 8.16. The van der Waals surface area contributed by atoms with Crippen LogP contribution in [0.5, 0.6) is 0 Å². The molecule has 3 aromatic heterocycles. The van der Waals surface area contributed by atoms with Gasteiger partial charge in [0.15, 0.2) is 5.82 Å². The molecule has 2 aliphatic rings. The first kappa shape index (κ1) is 18.0. The largest absolute Gasteiger partial charge is 0.366 e. The summed E-state index contributed by atoms with van der Waals surface area (Å²) < 4.78 is 1.17. The first-order chi connectivity index (χ1) is 13.8. The van der Waals surface area contributed by atoms with Crippen LogP contribution in [0.1, 0.15) is 63.5 Å². The molecule has 1 N–H and O–H groups in total. The lowest BCUT2D eigenvalue weighted by Gasteiger charge is -2.21. The summed E-state index contributed by atoms with van der Waals surface area (Å²) in [6.07, 6.45) is 15.0. The van der Waals surface area contributed by atoms with Crippen molar-refractivity contribution < 1.29 is 0 Å². The Bertz CT molecular complexity index is 939. The van der Waals surface area contributed by atoms with Gasteiger partial charge in [0, 0.05) is 23.5 Å². The summed E-state index contributed by atoms with van der Waals surface area (Å²) in [5, 5.41) is 5.82. The molecule has 3 heterocycles. The van der Waals surface area contributed by atoms with Crippen molar-refractivity contribution in [1.29, 1.82) is 0 Å². The van der Waals surface area contributed by atoms with E-state index in [1.54, 1.807) is 11.3 Å². The Morgan fingerprint density at radius 3 is 2.64 bits per heavy atom. The molecule has 2 saturated carbocycles. The molecule has 4 nitrogen and oxygen atoms in total. The zero-order chi connectivity index (χ0) is 18.8. The van der Waals surface area contributed by atoms with Crippen molar-refractivity contribution >= 4 is 27.4 Å². The summed E-state index contributed by atoms with van der Waals surface area (Å²) in [6.45, 7) is 0. The van der Waals surface area contributed by atoms with Crippen LogP contribution >= 0.6 is 11.3 Å². The van der Waals surface area contributed by atoms with E-state index < -0.39 is 0 Å². The molecule has 0 amide bonds. The number of aromatic nitrogens is 3. The second-order valence-electron chi connectivity index (χ2n) is 8.40. The monoisotopic (exact) mass is 392 g/mol. The van der Waals surface area contributed by atoms with E-state index in [0.29, 0.717) is 6.04 Å². The molecule has 2 fully saturated rings. The molecule has 2 aliphatic carbocycles. The van der Waals surface area contributed by atoms with Crippen LogP contribution in [0.2, 0.25) is 0 Å². The van der Waals surface area contributed by atoms with Gasteiger partial charge in [0.1, 0.15) is 5.82 Å². The van der Waals surface area contributed by atoms with Crippen molar-refractivity contribution in [3.63, 3.8) is 0 Å². The molecule has 146 valence electrons. The van der Waals surface area contributed by atoms with Gasteiger partial charge in [-0.15, -0.1) is 11.3 Å². The van der Waals surface area contributed by atoms with E-state index in [-0.39, 0.29) is 0 Å². The summed E-state index contributed by atoms with van der Waals surface area (Å²) in [4.78, 5) is 14.5. The van der Waals surface area contributed by atoms with E-state index in [1.165, 1.54) is 68.2 Å². The Hall–Kier alpha value is -2.01. The van der Waals surface area contributed by atoms with Crippen LogP contribution in [0.15, 0.2) is 29.8 Å². The van der Waals surface area contributed by atoms with E-state index in [9.17, 15) is 0 Å². The predicted molar refractivity (Wildman–Crippen MR) is 117 cm³/mol. The third kappa shape index (κ3) is 3.90. The molecule has 0 aliphatic heterocycles. The molecule has 3 aromatic rings. The number of pyridine rings is 1. The van der Waals surface area contributed by atoms with Crippen LogP contribution < -0.4 is 5.32 Å². The van der Waals surface area contributed by atoms with E-state index in [4.69, 9.17) is 9.97 Å². The zero-order valence-corrected chi connectivity index (χ0v) is 17.2. The summed E-state index contributed by atoms with van der Waals surface area (Å²) >= 11 is 1.73. The van der Waals surface area contributed by atoms with Crippen molar-refractivity contribution in [2.75, 3.05) is 5.32 Å². The van der Waals surface area contributed by atoms with Crippen LogP contribution in [0.25, 0.3) is 21.6 Å². The molecule has 0 radical (unpaired) electrons. The Balaban J connectivity index is 1.44. The van der Waals surface area contributed by atoms with Gasteiger partial charge in [0.2, 0.25) is 0 Å². The van der Waals surface area contributed by atoms with Crippen LogP contribution in [-0.4, -0.2) is 21.0 Å². The number of hydrogen-bond acceptors (Lipinski definition) is 5. The lowest BCUT2D eigenvalue weighted by molar-refractivity contribution is 0.354. The minimum Gasteiger partial charge on any atom is -0.366 e. The van der Waals surface area contributed by atoms with Crippen LogP contribution in [-0.2, 0) is 6.42 Å². The van der Waals surface area contributed by atoms with Gasteiger partial charge in [-0.2, -0.15) is 0 Å². The predicted octanol–water partition coefficient (Wildman–Crippen LogP) is 6.23. The lowest BCUT2D eigenvalue weighted by Crippen LogP contribution is -2.16. The second-order valence-corrected chi connectivity index (χ2v) is 9.32. The molecule has 0 atom stereocenters. The lowest BCUT2D eigenvalue weighted by atomic mass is 9.86. The zero-order valence-electron chi connectivity index (χ0n) is 16.4. The van der Waals surface area contributed by atoms with Crippen LogP contribution in [0.3, 0.4) is 0 Å². The molecular weight excluding hydrogens is 364 g/mol. The number of hydrogen-bond donors (Lipinski definition) is 1. The molecule has 0 aromatic carbocycles. The average molecular weight is 393 g/mol. The number of fused-ring (bicyclic) bond motifs is 1. The van der Waals surface area contributed by atoms with Crippen molar-refractivity contribution in [1.82, 2.24) is 15.0 Å². The van der Waals surface area contributed by atoms with Crippen molar-refractivity contribution in [3.8, 4) is 11.4 Å². The molecule has 0 spiro atoms. The van der Waals surface area contributed by atoms with E-state index in [2.05, 4.69) is 33.9 Å². The first-order valence-electron chi connectivity index (χ1n) is 10.8. The van der Waals surface area contributed by atoms with Gasteiger partial charge in [-0.25, -0.2) is 9.97 Å². The molecule has 5 heteroatoms. The Morgan fingerprint density at radius 2 is 1.79 bits per heavy atom. The first-order valence-corrected chi connectivity index (χ1v) is 11.7.